The van der Waals surface area contributed by atoms with Gasteiger partial charge in [-0.15, -0.1) is 0 Å². The number of hydrogen-bond donors (Lipinski definition) is 4. The molecule has 4 N–H and O–H groups in total. The average molecular weight is 437 g/mol. The van der Waals surface area contributed by atoms with Gasteiger partial charge in [0.15, 0.2) is 0 Å². The van der Waals surface area contributed by atoms with Crippen LogP contribution in [0.1, 0.15) is 54.1 Å². The minimum Gasteiger partial charge on any atom is -0.478 e. The molecule has 0 unspecified atom stereocenters. The molecule has 1 aliphatic carbocycles. The van der Waals surface area contributed by atoms with Crippen LogP contribution in [0.5, 0.6) is 0 Å². The second kappa shape index (κ2) is 10.6. The molecule has 0 aromatic heterocycles. The van der Waals surface area contributed by atoms with E-state index in [1.54, 1.807) is 6.07 Å². The second-order valence-corrected chi connectivity index (χ2v) is 8.09. The summed E-state index contributed by atoms with van der Waals surface area (Å²) in [7, 11) is 0. The van der Waals surface area contributed by atoms with Gasteiger partial charge in [-0.05, 0) is 55.5 Å². The molecule has 0 aliphatic heterocycles. The van der Waals surface area contributed by atoms with Crippen LogP contribution in [0.2, 0.25) is 0 Å². The number of carbonyl (C=O) groups is 3. The minimum atomic E-state index is -1.08. The van der Waals surface area contributed by atoms with Crippen LogP contribution in [0.15, 0.2) is 47.6 Å². The Labute approximate surface area is 187 Å². The number of aromatic carboxylic acids is 1. The fourth-order valence-electron chi connectivity index (χ4n) is 3.75. The van der Waals surface area contributed by atoms with Crippen LogP contribution < -0.4 is 16.1 Å². The molecule has 2 aromatic carbocycles. The van der Waals surface area contributed by atoms with E-state index >= 15 is 0 Å². The zero-order chi connectivity index (χ0) is 23.1. The Morgan fingerprint density at radius 2 is 1.78 bits per heavy atom. The first-order valence-electron chi connectivity index (χ1n) is 10.7. The van der Waals surface area contributed by atoms with Gasteiger partial charge in [0, 0.05) is 23.0 Å². The molecule has 3 rings (SSSR count). The highest BCUT2D eigenvalue weighted by Crippen LogP contribution is 2.24. The number of aryl methyl sites for hydroxylation is 1. The fourth-order valence-corrected chi connectivity index (χ4v) is 3.75. The molecule has 1 saturated carbocycles. The Morgan fingerprint density at radius 3 is 2.50 bits per heavy atom. The van der Waals surface area contributed by atoms with Crippen molar-refractivity contribution in [2.24, 2.45) is 11.0 Å². The van der Waals surface area contributed by atoms with Crippen molar-refractivity contribution in [3.8, 4) is 0 Å². The molecule has 0 radical (unpaired) electrons. The molecule has 2 atom stereocenters. The fraction of sp³-hybridized carbons (Fsp3) is 0.333. The van der Waals surface area contributed by atoms with E-state index in [-0.39, 0.29) is 11.6 Å². The van der Waals surface area contributed by atoms with Crippen molar-refractivity contribution in [1.82, 2.24) is 10.7 Å². The first-order chi connectivity index (χ1) is 15.3. The lowest BCUT2D eigenvalue weighted by Crippen LogP contribution is -2.46. The first-order valence-corrected chi connectivity index (χ1v) is 10.7. The highest BCUT2D eigenvalue weighted by Gasteiger charge is 2.25. The van der Waals surface area contributed by atoms with E-state index in [0.29, 0.717) is 17.2 Å². The largest absolute Gasteiger partial charge is 0.478 e. The first kappa shape index (κ1) is 23.0. The summed E-state index contributed by atoms with van der Waals surface area (Å²) in [4.78, 5) is 35.7. The molecule has 2 amide bonds. The highest BCUT2D eigenvalue weighted by atomic mass is 16.4. The summed E-state index contributed by atoms with van der Waals surface area (Å²) in [6.07, 6.45) is 5.38. The van der Waals surface area contributed by atoms with Crippen LogP contribution >= 0.6 is 0 Å². The Balaban J connectivity index is 1.70. The number of anilines is 2. The second-order valence-electron chi connectivity index (χ2n) is 8.09. The van der Waals surface area contributed by atoms with Crippen LogP contribution in [0.25, 0.3) is 0 Å². The van der Waals surface area contributed by atoms with Crippen LogP contribution in [-0.2, 0) is 9.59 Å². The number of para-hydroxylation sites is 1. The maximum Gasteiger partial charge on any atom is 0.335 e. The Hall–Kier alpha value is -3.68. The van der Waals surface area contributed by atoms with Gasteiger partial charge < -0.3 is 15.7 Å². The zero-order valence-corrected chi connectivity index (χ0v) is 18.2. The predicted octanol–water partition coefficient (Wildman–Crippen LogP) is 3.58. The topological polar surface area (TPSA) is 120 Å². The van der Waals surface area contributed by atoms with Crippen molar-refractivity contribution in [2.75, 3.05) is 5.32 Å². The van der Waals surface area contributed by atoms with E-state index in [2.05, 4.69) is 28.1 Å². The lowest BCUT2D eigenvalue weighted by Gasteiger charge is -2.29. The standard InChI is InChI=1S/C24H28N4O4/c1-15-7-3-5-9-19(15)26-21-12-11-17(24(31)32)13-18(21)14-25-28-23(30)22(29)27-20-10-6-4-8-16(20)2/h3,5,7,9,11-14,16,20,26H,4,6,8,10H2,1-2H3,(H,27,29)(H,28,30)(H,31,32)/b25-14-/t16-,20+/m0/s1. The highest BCUT2D eigenvalue weighted by molar-refractivity contribution is 6.35. The third-order valence-corrected chi connectivity index (χ3v) is 5.72. The van der Waals surface area contributed by atoms with Gasteiger partial charge in [0.2, 0.25) is 0 Å². The number of nitrogens with zero attached hydrogens (tertiary/aromatic N) is 1. The SMILES string of the molecule is Cc1ccccc1Nc1ccc(C(=O)O)cc1/C=N\NC(=O)C(=O)N[C@@H]1CCCC[C@@H]1C. The predicted molar refractivity (Wildman–Crippen MR) is 123 cm³/mol. The summed E-state index contributed by atoms with van der Waals surface area (Å²) in [5, 5.41) is 19.2. The Morgan fingerprint density at radius 1 is 1.03 bits per heavy atom. The Kier molecular flexibility index (Phi) is 7.59. The molecule has 32 heavy (non-hydrogen) atoms. The van der Waals surface area contributed by atoms with Crippen LogP contribution in [0, 0.1) is 12.8 Å². The summed E-state index contributed by atoms with van der Waals surface area (Å²) >= 11 is 0. The van der Waals surface area contributed by atoms with Gasteiger partial charge in [-0.1, -0.05) is 38.0 Å². The van der Waals surface area contributed by atoms with Gasteiger partial charge in [-0.2, -0.15) is 5.10 Å². The number of hydrazone groups is 1. The number of hydrogen-bond acceptors (Lipinski definition) is 5. The minimum absolute atomic E-state index is 0.0110. The van der Waals surface area contributed by atoms with Crippen LogP contribution in [-0.4, -0.2) is 35.1 Å². The van der Waals surface area contributed by atoms with Crippen molar-refractivity contribution >= 4 is 35.4 Å². The third-order valence-electron chi connectivity index (χ3n) is 5.72. The summed E-state index contributed by atoms with van der Waals surface area (Å²) in [6.45, 7) is 4.02. The van der Waals surface area contributed by atoms with Gasteiger partial charge in [0.1, 0.15) is 0 Å². The number of carbonyl (C=O) groups excluding carboxylic acids is 2. The van der Waals surface area contributed by atoms with Gasteiger partial charge in [-0.25, -0.2) is 10.2 Å². The molecule has 0 bridgehead atoms. The van der Waals surface area contributed by atoms with Crippen molar-refractivity contribution in [3.05, 3.63) is 59.2 Å². The van der Waals surface area contributed by atoms with E-state index in [1.165, 1.54) is 18.3 Å². The Bertz CT molecular complexity index is 1030. The molecule has 0 spiro atoms. The molecule has 1 fully saturated rings. The number of amides is 2. The molecule has 2 aromatic rings. The van der Waals surface area contributed by atoms with Crippen LogP contribution in [0.3, 0.4) is 0 Å². The lowest BCUT2D eigenvalue weighted by atomic mass is 9.86. The van der Waals surface area contributed by atoms with Crippen molar-refractivity contribution in [2.45, 2.75) is 45.6 Å². The normalized spacial score (nSPS) is 18.2. The van der Waals surface area contributed by atoms with E-state index in [9.17, 15) is 19.5 Å². The number of rotatable bonds is 6. The molecular weight excluding hydrogens is 408 g/mol. The van der Waals surface area contributed by atoms with E-state index < -0.39 is 17.8 Å². The van der Waals surface area contributed by atoms with Gasteiger partial charge in [0.25, 0.3) is 0 Å². The van der Waals surface area contributed by atoms with Gasteiger partial charge in [0.05, 0.1) is 11.8 Å². The van der Waals surface area contributed by atoms with Gasteiger partial charge in [-0.3, -0.25) is 9.59 Å². The zero-order valence-electron chi connectivity index (χ0n) is 18.2. The smallest absolute Gasteiger partial charge is 0.335 e. The number of nitrogens with one attached hydrogen (secondary N) is 3. The molecule has 0 heterocycles. The molecular formula is C24H28N4O4. The van der Waals surface area contributed by atoms with Crippen molar-refractivity contribution in [3.63, 3.8) is 0 Å². The maximum absolute atomic E-state index is 12.2. The summed E-state index contributed by atoms with van der Waals surface area (Å²) in [6, 6.07) is 12.2. The van der Waals surface area contributed by atoms with Gasteiger partial charge >= 0.3 is 17.8 Å². The molecule has 0 saturated heterocycles. The summed E-state index contributed by atoms with van der Waals surface area (Å²) in [5.74, 6) is -2.33. The lowest BCUT2D eigenvalue weighted by molar-refractivity contribution is -0.139. The van der Waals surface area contributed by atoms with E-state index in [4.69, 9.17) is 0 Å². The quantitative estimate of drug-likeness (QED) is 0.313. The summed E-state index contributed by atoms with van der Waals surface area (Å²) in [5.41, 5.74) is 5.25. The van der Waals surface area contributed by atoms with E-state index in [1.807, 2.05) is 31.2 Å². The van der Waals surface area contributed by atoms with Crippen molar-refractivity contribution in [1.29, 1.82) is 0 Å². The molecule has 8 nitrogen and oxygen atoms in total. The number of carboxylic acids is 1. The molecule has 168 valence electrons. The van der Waals surface area contributed by atoms with Crippen LogP contribution in [0.4, 0.5) is 11.4 Å². The number of benzene rings is 2. The van der Waals surface area contributed by atoms with E-state index in [0.717, 1.165) is 36.9 Å². The monoisotopic (exact) mass is 436 g/mol. The molecule has 1 aliphatic rings. The average Bonchev–Trinajstić information content (AvgIpc) is 2.77. The number of carboxylic acid groups (broad SMARTS) is 1. The van der Waals surface area contributed by atoms with Crippen molar-refractivity contribution < 1.29 is 19.5 Å². The third kappa shape index (κ3) is 5.94. The summed E-state index contributed by atoms with van der Waals surface area (Å²) < 4.78 is 0. The maximum atomic E-state index is 12.2. The molecule has 8 heteroatoms.